The summed E-state index contributed by atoms with van der Waals surface area (Å²) < 4.78 is 28.5. The Balaban J connectivity index is 2.70. The standard InChI is InChI=1S/C12H14O5S/c1-7-5-9-10(13)3-4-18(15,16)11(9)6-8(7)12(14)17-2/h5-6,10,13H,3-4H2,1-2H3. The van der Waals surface area contributed by atoms with Gasteiger partial charge >= 0.3 is 5.97 Å². The lowest BCUT2D eigenvalue weighted by atomic mass is 10.00. The number of fused-ring (bicyclic) bond motifs is 1. The van der Waals surface area contributed by atoms with Gasteiger partial charge in [0.05, 0.1) is 29.4 Å². The molecule has 98 valence electrons. The van der Waals surface area contributed by atoms with Crippen LogP contribution in [0.3, 0.4) is 0 Å². The molecule has 0 amide bonds. The third-order valence-corrected chi connectivity index (χ3v) is 4.91. The Kier molecular flexibility index (Phi) is 3.16. The maximum Gasteiger partial charge on any atom is 0.338 e. The molecule has 1 atom stereocenters. The Hall–Kier alpha value is -1.40. The summed E-state index contributed by atoms with van der Waals surface area (Å²) in [6.45, 7) is 1.68. The van der Waals surface area contributed by atoms with Crippen molar-refractivity contribution in [3.8, 4) is 0 Å². The molecule has 0 saturated carbocycles. The quantitative estimate of drug-likeness (QED) is 0.770. The van der Waals surface area contributed by atoms with Crippen molar-refractivity contribution in [2.24, 2.45) is 0 Å². The lowest BCUT2D eigenvalue weighted by Crippen LogP contribution is -2.21. The average Bonchev–Trinajstić information content (AvgIpc) is 2.33. The average molecular weight is 270 g/mol. The van der Waals surface area contributed by atoms with Crippen LogP contribution in [0, 0.1) is 6.92 Å². The number of aliphatic hydroxyl groups excluding tert-OH is 1. The van der Waals surface area contributed by atoms with Crippen molar-refractivity contribution in [2.45, 2.75) is 24.3 Å². The highest BCUT2D eigenvalue weighted by Crippen LogP contribution is 2.34. The Labute approximate surface area is 105 Å². The van der Waals surface area contributed by atoms with Crippen LogP contribution >= 0.6 is 0 Å². The molecule has 1 N–H and O–H groups in total. The van der Waals surface area contributed by atoms with Crippen LogP contribution in [0.2, 0.25) is 0 Å². The highest BCUT2D eigenvalue weighted by molar-refractivity contribution is 7.91. The predicted octanol–water partition coefficient (Wildman–Crippen LogP) is 0.992. The van der Waals surface area contributed by atoms with Crippen molar-refractivity contribution >= 4 is 15.8 Å². The Morgan fingerprint density at radius 3 is 2.72 bits per heavy atom. The van der Waals surface area contributed by atoms with Crippen LogP contribution in [0.1, 0.15) is 34.0 Å². The van der Waals surface area contributed by atoms with Gasteiger partial charge in [-0.2, -0.15) is 0 Å². The van der Waals surface area contributed by atoms with E-state index in [1.54, 1.807) is 13.0 Å². The summed E-state index contributed by atoms with van der Waals surface area (Å²) >= 11 is 0. The molecule has 0 bridgehead atoms. The Morgan fingerprint density at radius 1 is 1.44 bits per heavy atom. The minimum atomic E-state index is -3.42. The first-order valence-corrected chi connectivity index (χ1v) is 7.15. The van der Waals surface area contributed by atoms with Gasteiger partial charge in [-0.15, -0.1) is 0 Å². The summed E-state index contributed by atoms with van der Waals surface area (Å²) in [6, 6.07) is 2.84. The number of carbonyl (C=O) groups excluding carboxylic acids is 1. The van der Waals surface area contributed by atoms with E-state index in [4.69, 9.17) is 0 Å². The summed E-state index contributed by atoms with van der Waals surface area (Å²) in [7, 11) is -2.18. The molecule has 0 radical (unpaired) electrons. The van der Waals surface area contributed by atoms with Gasteiger partial charge in [0.25, 0.3) is 0 Å². The fraction of sp³-hybridized carbons (Fsp3) is 0.417. The van der Waals surface area contributed by atoms with Gasteiger partial charge in [-0.3, -0.25) is 0 Å². The SMILES string of the molecule is COC(=O)c1cc2c(cc1C)C(O)CCS2(=O)=O. The molecule has 0 aliphatic carbocycles. The maximum absolute atomic E-state index is 11.9. The third-order valence-electron chi connectivity index (χ3n) is 3.12. The molecule has 1 heterocycles. The van der Waals surface area contributed by atoms with Crippen molar-refractivity contribution in [2.75, 3.05) is 12.9 Å². The van der Waals surface area contributed by atoms with Crippen LogP contribution in [0.5, 0.6) is 0 Å². The van der Waals surface area contributed by atoms with Crippen molar-refractivity contribution < 1.29 is 23.1 Å². The van der Waals surface area contributed by atoms with Gasteiger partial charge in [-0.25, -0.2) is 13.2 Å². The number of methoxy groups -OCH3 is 1. The van der Waals surface area contributed by atoms with Gasteiger partial charge in [-0.1, -0.05) is 6.07 Å². The first-order valence-electron chi connectivity index (χ1n) is 5.50. The number of hydrogen-bond donors (Lipinski definition) is 1. The molecule has 0 spiro atoms. The minimum Gasteiger partial charge on any atom is -0.465 e. The number of aliphatic hydroxyl groups is 1. The number of esters is 1. The predicted molar refractivity (Wildman–Crippen MR) is 64.1 cm³/mol. The second kappa shape index (κ2) is 4.37. The Morgan fingerprint density at radius 2 is 2.11 bits per heavy atom. The molecular formula is C12H14O5S. The van der Waals surface area contributed by atoms with Gasteiger partial charge in [0.1, 0.15) is 0 Å². The van der Waals surface area contributed by atoms with E-state index in [0.29, 0.717) is 11.1 Å². The number of rotatable bonds is 1. The smallest absolute Gasteiger partial charge is 0.338 e. The van der Waals surface area contributed by atoms with Crippen LogP contribution in [0.4, 0.5) is 0 Å². The molecule has 1 aliphatic heterocycles. The summed E-state index contributed by atoms with van der Waals surface area (Å²) in [5, 5.41) is 9.82. The van der Waals surface area contributed by atoms with Crippen LogP contribution < -0.4 is 0 Å². The molecule has 5 nitrogen and oxygen atoms in total. The van der Waals surface area contributed by atoms with E-state index >= 15 is 0 Å². The van der Waals surface area contributed by atoms with Gasteiger partial charge in [0.15, 0.2) is 9.84 Å². The Bertz CT molecular complexity index is 603. The molecule has 0 aromatic heterocycles. The third kappa shape index (κ3) is 2.02. The van der Waals surface area contributed by atoms with Crippen molar-refractivity contribution in [1.82, 2.24) is 0 Å². The van der Waals surface area contributed by atoms with Crippen LogP contribution in [-0.4, -0.2) is 32.4 Å². The number of hydrogen-bond acceptors (Lipinski definition) is 5. The molecule has 2 rings (SSSR count). The van der Waals surface area contributed by atoms with Gasteiger partial charge in [-0.05, 0) is 30.5 Å². The van der Waals surface area contributed by atoms with Crippen molar-refractivity contribution in [1.29, 1.82) is 0 Å². The fourth-order valence-electron chi connectivity index (χ4n) is 2.10. The summed E-state index contributed by atoms with van der Waals surface area (Å²) in [4.78, 5) is 11.6. The number of aryl methyl sites for hydroxylation is 1. The molecule has 18 heavy (non-hydrogen) atoms. The zero-order chi connectivity index (χ0) is 13.5. The van der Waals surface area contributed by atoms with Crippen LogP contribution in [-0.2, 0) is 14.6 Å². The zero-order valence-electron chi connectivity index (χ0n) is 10.1. The monoisotopic (exact) mass is 270 g/mol. The topological polar surface area (TPSA) is 80.7 Å². The van der Waals surface area contributed by atoms with E-state index in [2.05, 4.69) is 4.74 Å². The van der Waals surface area contributed by atoms with Gasteiger partial charge in [0, 0.05) is 0 Å². The van der Waals surface area contributed by atoms with E-state index < -0.39 is 21.9 Å². The van der Waals surface area contributed by atoms with E-state index in [1.807, 2.05) is 0 Å². The summed E-state index contributed by atoms with van der Waals surface area (Å²) in [5.74, 6) is -0.684. The first-order chi connectivity index (χ1) is 8.36. The largest absolute Gasteiger partial charge is 0.465 e. The summed E-state index contributed by atoms with van der Waals surface area (Å²) in [6.07, 6.45) is -0.610. The molecule has 1 unspecified atom stereocenters. The molecule has 1 aliphatic rings. The van der Waals surface area contributed by atoms with Gasteiger partial charge < -0.3 is 9.84 Å². The second-order valence-electron chi connectivity index (χ2n) is 4.32. The lowest BCUT2D eigenvalue weighted by molar-refractivity contribution is 0.0599. The number of sulfone groups is 1. The van der Waals surface area contributed by atoms with E-state index in [9.17, 15) is 18.3 Å². The van der Waals surface area contributed by atoms with Crippen molar-refractivity contribution in [3.63, 3.8) is 0 Å². The molecule has 1 aromatic carbocycles. The van der Waals surface area contributed by atoms with E-state index in [1.165, 1.54) is 13.2 Å². The highest BCUT2D eigenvalue weighted by atomic mass is 32.2. The molecule has 0 saturated heterocycles. The lowest BCUT2D eigenvalue weighted by Gasteiger charge is -2.22. The van der Waals surface area contributed by atoms with Gasteiger partial charge in [0.2, 0.25) is 0 Å². The van der Waals surface area contributed by atoms with Crippen LogP contribution in [0.15, 0.2) is 17.0 Å². The number of ether oxygens (including phenoxy) is 1. The molecule has 0 fully saturated rings. The zero-order valence-corrected chi connectivity index (χ0v) is 11.0. The highest BCUT2D eigenvalue weighted by Gasteiger charge is 2.31. The van der Waals surface area contributed by atoms with Crippen LogP contribution in [0.25, 0.3) is 0 Å². The van der Waals surface area contributed by atoms with E-state index in [0.717, 1.165) is 0 Å². The van der Waals surface area contributed by atoms with Crippen molar-refractivity contribution in [3.05, 3.63) is 28.8 Å². The summed E-state index contributed by atoms with van der Waals surface area (Å²) in [5.41, 5.74) is 1.18. The normalized spacial score (nSPS) is 21.2. The minimum absolute atomic E-state index is 0.0345. The molecule has 1 aromatic rings. The van der Waals surface area contributed by atoms with E-state index in [-0.39, 0.29) is 22.6 Å². The number of benzene rings is 1. The fourth-order valence-corrected chi connectivity index (χ4v) is 3.71. The second-order valence-corrected chi connectivity index (χ2v) is 6.40. The molecular weight excluding hydrogens is 256 g/mol. The first kappa shape index (κ1) is 13.0. The maximum atomic E-state index is 11.9. The number of carbonyl (C=O) groups is 1. The molecule has 6 heteroatoms.